The lowest BCUT2D eigenvalue weighted by Gasteiger charge is -2.34. The summed E-state index contributed by atoms with van der Waals surface area (Å²) in [5.41, 5.74) is 7.12. The van der Waals surface area contributed by atoms with Crippen molar-refractivity contribution in [2.24, 2.45) is 5.73 Å². The third-order valence-corrected chi connectivity index (χ3v) is 4.29. The van der Waals surface area contributed by atoms with Crippen molar-refractivity contribution in [1.29, 1.82) is 0 Å². The second-order valence-corrected chi connectivity index (χ2v) is 6.34. The molecule has 3 rings (SSSR count). The minimum Gasteiger partial charge on any atom is -0.493 e. The van der Waals surface area contributed by atoms with Crippen LogP contribution in [0.2, 0.25) is 0 Å². The minimum atomic E-state index is -0.366. The summed E-state index contributed by atoms with van der Waals surface area (Å²) in [6.07, 6.45) is 3.60. The molecular formula is C17H24ClN3O2. The first-order chi connectivity index (χ1) is 10.6. The van der Waals surface area contributed by atoms with Crippen molar-refractivity contribution in [2.45, 2.75) is 51.0 Å². The molecular weight excluding hydrogens is 314 g/mol. The van der Waals surface area contributed by atoms with E-state index in [0.29, 0.717) is 30.7 Å². The Morgan fingerprint density at radius 1 is 1.26 bits per heavy atom. The molecule has 23 heavy (non-hydrogen) atoms. The van der Waals surface area contributed by atoms with Crippen LogP contribution in [-0.4, -0.2) is 16.7 Å². The molecule has 0 aliphatic heterocycles. The number of nitrogens with zero attached hydrogens (tertiary/aromatic N) is 2. The molecule has 2 aromatic rings. The molecule has 1 saturated carbocycles. The first-order valence-corrected chi connectivity index (χ1v) is 7.91. The zero-order valence-corrected chi connectivity index (χ0v) is 14.4. The van der Waals surface area contributed by atoms with Crippen LogP contribution in [0.3, 0.4) is 0 Å². The van der Waals surface area contributed by atoms with Crippen LogP contribution in [-0.2, 0) is 12.0 Å². The highest BCUT2D eigenvalue weighted by Crippen LogP contribution is 2.36. The van der Waals surface area contributed by atoms with Gasteiger partial charge in [0.1, 0.15) is 5.75 Å². The smallest absolute Gasteiger partial charge is 0.230 e. The fourth-order valence-corrected chi connectivity index (χ4v) is 2.55. The normalized spacial score (nSPS) is 15.8. The molecule has 6 heteroatoms. The van der Waals surface area contributed by atoms with Crippen LogP contribution in [0.15, 0.2) is 28.8 Å². The molecule has 0 atom stereocenters. The molecule has 0 bridgehead atoms. The van der Waals surface area contributed by atoms with Gasteiger partial charge >= 0.3 is 0 Å². The molecule has 0 spiro atoms. The summed E-state index contributed by atoms with van der Waals surface area (Å²) in [4.78, 5) is 4.39. The predicted octanol–water partition coefficient (Wildman–Crippen LogP) is 3.57. The number of benzene rings is 1. The Hall–Kier alpha value is -1.59. The molecule has 5 nitrogen and oxygen atoms in total. The summed E-state index contributed by atoms with van der Waals surface area (Å²) in [6, 6.07) is 8.19. The van der Waals surface area contributed by atoms with E-state index in [-0.39, 0.29) is 17.9 Å². The Balaban J connectivity index is 0.00000192. The molecule has 0 amide bonds. The van der Waals surface area contributed by atoms with Gasteiger partial charge in [0.2, 0.25) is 5.89 Å². The van der Waals surface area contributed by atoms with Crippen LogP contribution in [0.1, 0.15) is 56.3 Å². The van der Waals surface area contributed by atoms with E-state index in [4.69, 9.17) is 15.0 Å². The van der Waals surface area contributed by atoms with Crippen molar-refractivity contribution in [1.82, 2.24) is 10.1 Å². The maximum Gasteiger partial charge on any atom is 0.230 e. The second kappa shape index (κ2) is 7.32. The van der Waals surface area contributed by atoms with Crippen molar-refractivity contribution in [3.63, 3.8) is 0 Å². The zero-order valence-electron chi connectivity index (χ0n) is 13.6. The zero-order chi connectivity index (χ0) is 15.6. The first kappa shape index (κ1) is 17.8. The molecule has 1 heterocycles. The topological polar surface area (TPSA) is 74.2 Å². The van der Waals surface area contributed by atoms with E-state index in [1.165, 1.54) is 5.56 Å². The van der Waals surface area contributed by atoms with Gasteiger partial charge in [-0.15, -0.1) is 12.4 Å². The first-order valence-electron chi connectivity index (χ1n) is 7.91. The molecule has 1 fully saturated rings. The average Bonchev–Trinajstić information content (AvgIpc) is 2.94. The summed E-state index contributed by atoms with van der Waals surface area (Å²) in [5, 5.41) is 4.00. The van der Waals surface area contributed by atoms with Crippen molar-refractivity contribution < 1.29 is 9.26 Å². The van der Waals surface area contributed by atoms with Gasteiger partial charge in [0.25, 0.3) is 0 Å². The lowest BCUT2D eigenvalue weighted by molar-refractivity contribution is 0.228. The molecule has 1 aromatic carbocycles. The Bertz CT molecular complexity index is 621. The van der Waals surface area contributed by atoms with E-state index in [0.717, 1.165) is 25.0 Å². The van der Waals surface area contributed by atoms with Crippen LogP contribution in [0.4, 0.5) is 0 Å². The van der Waals surface area contributed by atoms with Gasteiger partial charge in [0, 0.05) is 0 Å². The fraction of sp³-hybridized carbons (Fsp3) is 0.529. The van der Waals surface area contributed by atoms with Crippen LogP contribution in [0.5, 0.6) is 5.75 Å². The maximum absolute atomic E-state index is 6.18. The van der Waals surface area contributed by atoms with Gasteiger partial charge in [0.05, 0.1) is 18.6 Å². The quantitative estimate of drug-likeness (QED) is 0.872. The van der Waals surface area contributed by atoms with Crippen molar-refractivity contribution in [2.75, 3.05) is 6.61 Å². The molecule has 1 aromatic heterocycles. The number of nitrogens with two attached hydrogens (primary N) is 1. The number of hydrogen-bond acceptors (Lipinski definition) is 5. The van der Waals surface area contributed by atoms with Crippen LogP contribution < -0.4 is 10.5 Å². The molecule has 1 aliphatic rings. The van der Waals surface area contributed by atoms with Crippen LogP contribution in [0, 0.1) is 0 Å². The number of ether oxygens (including phenoxy) is 1. The average molecular weight is 338 g/mol. The van der Waals surface area contributed by atoms with Gasteiger partial charge < -0.3 is 15.0 Å². The SMILES string of the molecule is CC(C)c1ccc(OCCc2nc(C3(N)CCC3)no2)cc1.Cl. The van der Waals surface area contributed by atoms with Crippen molar-refractivity contribution in [3.8, 4) is 5.75 Å². The number of halogens is 1. The third-order valence-electron chi connectivity index (χ3n) is 4.29. The van der Waals surface area contributed by atoms with Gasteiger partial charge in [-0.3, -0.25) is 0 Å². The summed E-state index contributed by atoms with van der Waals surface area (Å²) in [5.74, 6) is 2.61. The van der Waals surface area contributed by atoms with Gasteiger partial charge in [0.15, 0.2) is 5.82 Å². The van der Waals surface area contributed by atoms with Crippen LogP contribution >= 0.6 is 12.4 Å². The van der Waals surface area contributed by atoms with Gasteiger partial charge in [-0.2, -0.15) is 4.98 Å². The standard InChI is InChI=1S/C17H23N3O2.ClH/c1-12(2)13-4-6-14(7-5-13)21-11-8-15-19-16(20-22-15)17(18)9-3-10-17;/h4-7,12H,3,8-11,18H2,1-2H3;1H. The third kappa shape index (κ3) is 4.03. The Labute approximate surface area is 143 Å². The summed E-state index contributed by atoms with van der Waals surface area (Å²) in [6.45, 7) is 4.87. The van der Waals surface area contributed by atoms with E-state index in [2.05, 4.69) is 36.1 Å². The number of aromatic nitrogens is 2. The molecule has 0 unspecified atom stereocenters. The Kier molecular flexibility index (Phi) is 5.65. The van der Waals surface area contributed by atoms with E-state index >= 15 is 0 Å². The Morgan fingerprint density at radius 2 is 1.96 bits per heavy atom. The monoisotopic (exact) mass is 337 g/mol. The number of hydrogen-bond donors (Lipinski definition) is 1. The predicted molar refractivity (Wildman–Crippen MR) is 91.0 cm³/mol. The van der Waals surface area contributed by atoms with Gasteiger partial charge in [-0.05, 0) is 42.9 Å². The summed E-state index contributed by atoms with van der Waals surface area (Å²) < 4.78 is 11.0. The van der Waals surface area contributed by atoms with E-state index < -0.39 is 0 Å². The van der Waals surface area contributed by atoms with Crippen molar-refractivity contribution >= 4 is 12.4 Å². The molecule has 126 valence electrons. The van der Waals surface area contributed by atoms with E-state index in [9.17, 15) is 0 Å². The highest BCUT2D eigenvalue weighted by molar-refractivity contribution is 5.85. The highest BCUT2D eigenvalue weighted by atomic mass is 35.5. The summed E-state index contributed by atoms with van der Waals surface area (Å²) in [7, 11) is 0. The van der Waals surface area contributed by atoms with E-state index in [1.54, 1.807) is 0 Å². The molecule has 0 radical (unpaired) electrons. The minimum absolute atomic E-state index is 0. The maximum atomic E-state index is 6.18. The van der Waals surface area contributed by atoms with Crippen LogP contribution in [0.25, 0.3) is 0 Å². The number of rotatable bonds is 6. The van der Waals surface area contributed by atoms with E-state index in [1.807, 2.05) is 12.1 Å². The molecule has 0 saturated heterocycles. The molecule has 2 N–H and O–H groups in total. The lowest BCUT2D eigenvalue weighted by Crippen LogP contribution is -2.44. The van der Waals surface area contributed by atoms with Crippen molar-refractivity contribution in [3.05, 3.63) is 41.5 Å². The van der Waals surface area contributed by atoms with Gasteiger partial charge in [-0.25, -0.2) is 0 Å². The Morgan fingerprint density at radius 3 is 2.52 bits per heavy atom. The highest BCUT2D eigenvalue weighted by Gasteiger charge is 2.38. The largest absolute Gasteiger partial charge is 0.493 e. The lowest BCUT2D eigenvalue weighted by atomic mass is 9.77. The second-order valence-electron chi connectivity index (χ2n) is 6.34. The summed E-state index contributed by atoms with van der Waals surface area (Å²) >= 11 is 0. The van der Waals surface area contributed by atoms with Gasteiger partial charge in [-0.1, -0.05) is 31.1 Å². The fourth-order valence-electron chi connectivity index (χ4n) is 2.55. The molecule has 1 aliphatic carbocycles.